The molecule has 0 amide bonds. The molecule has 0 aliphatic carbocycles. The number of esters is 1. The predicted molar refractivity (Wildman–Crippen MR) is 146 cm³/mol. The molecule has 0 bridgehead atoms. The van der Waals surface area contributed by atoms with E-state index in [-0.39, 0.29) is 33.3 Å². The van der Waals surface area contributed by atoms with Crippen molar-refractivity contribution in [2.45, 2.75) is 58.7 Å². The number of H-pyrrole nitrogens is 1. The van der Waals surface area contributed by atoms with Crippen molar-refractivity contribution in [1.82, 2.24) is 29.4 Å². The zero-order chi connectivity index (χ0) is 29.6. The SMILES string of the molecule is CCCC[C@H](NCl)C(=O)OCn1nc(Oc2c(Cl)cc(-n3nc(C#N)c(=O)[nH]c3=O)cc2Cl)cc(C(C)C)c1=O. The molecule has 0 saturated heterocycles. The molecule has 1 atom stereocenters. The molecule has 0 spiro atoms. The second-order valence-corrected chi connectivity index (χ2v) is 9.80. The van der Waals surface area contributed by atoms with E-state index < -0.39 is 41.2 Å². The number of hydrogen-bond acceptors (Lipinski definition) is 10. The molecular weight excluding hydrogens is 589 g/mol. The fourth-order valence-electron chi connectivity index (χ4n) is 3.46. The van der Waals surface area contributed by atoms with Crippen LogP contribution in [0.4, 0.5) is 0 Å². The summed E-state index contributed by atoms with van der Waals surface area (Å²) in [6, 6.07) is 4.77. The number of benzene rings is 1. The molecule has 40 heavy (non-hydrogen) atoms. The van der Waals surface area contributed by atoms with Crippen LogP contribution in [0.25, 0.3) is 5.69 Å². The van der Waals surface area contributed by atoms with Crippen LogP contribution >= 0.6 is 35.0 Å². The van der Waals surface area contributed by atoms with Crippen LogP contribution in [0.5, 0.6) is 11.6 Å². The first kappa shape index (κ1) is 30.8. The smallest absolute Gasteiger partial charge is 0.349 e. The fraction of sp³-hybridized carbons (Fsp3) is 0.375. The zero-order valence-corrected chi connectivity index (χ0v) is 23.8. The number of aromatic nitrogens is 5. The molecule has 0 saturated carbocycles. The van der Waals surface area contributed by atoms with Crippen LogP contribution in [0.2, 0.25) is 10.0 Å². The molecule has 2 heterocycles. The van der Waals surface area contributed by atoms with Crippen LogP contribution < -0.4 is 26.4 Å². The lowest BCUT2D eigenvalue weighted by Crippen LogP contribution is -2.35. The Labute approximate surface area is 242 Å². The van der Waals surface area contributed by atoms with Crippen LogP contribution in [-0.2, 0) is 16.3 Å². The molecule has 3 rings (SSSR count). The van der Waals surface area contributed by atoms with Crippen molar-refractivity contribution in [2.75, 3.05) is 0 Å². The van der Waals surface area contributed by atoms with E-state index in [4.69, 9.17) is 49.7 Å². The lowest BCUT2D eigenvalue weighted by atomic mass is 10.1. The summed E-state index contributed by atoms with van der Waals surface area (Å²) in [4.78, 5) is 53.6. The van der Waals surface area contributed by atoms with Gasteiger partial charge in [-0.3, -0.25) is 19.4 Å². The van der Waals surface area contributed by atoms with Crippen LogP contribution in [0.3, 0.4) is 0 Å². The van der Waals surface area contributed by atoms with Gasteiger partial charge in [-0.05, 0) is 36.2 Å². The number of halogens is 3. The van der Waals surface area contributed by atoms with Gasteiger partial charge < -0.3 is 9.47 Å². The van der Waals surface area contributed by atoms with Crippen molar-refractivity contribution in [3.05, 3.63) is 70.7 Å². The lowest BCUT2D eigenvalue weighted by Gasteiger charge is -2.16. The van der Waals surface area contributed by atoms with Crippen LogP contribution in [0.15, 0.2) is 32.6 Å². The Balaban J connectivity index is 1.95. The van der Waals surface area contributed by atoms with Gasteiger partial charge in [0.2, 0.25) is 11.6 Å². The van der Waals surface area contributed by atoms with E-state index in [0.29, 0.717) is 12.0 Å². The average Bonchev–Trinajstić information content (AvgIpc) is 2.90. The number of carbonyl (C=O) groups excluding carboxylic acids is 1. The third kappa shape index (κ3) is 7.08. The highest BCUT2D eigenvalue weighted by Gasteiger charge is 2.21. The minimum absolute atomic E-state index is 0.0401. The van der Waals surface area contributed by atoms with Gasteiger partial charge in [-0.25, -0.2) is 9.63 Å². The van der Waals surface area contributed by atoms with E-state index >= 15 is 0 Å². The van der Waals surface area contributed by atoms with E-state index in [1.165, 1.54) is 18.2 Å². The van der Waals surface area contributed by atoms with Crippen molar-refractivity contribution < 1.29 is 14.3 Å². The van der Waals surface area contributed by atoms with Crippen molar-refractivity contribution in [3.8, 4) is 23.4 Å². The summed E-state index contributed by atoms with van der Waals surface area (Å²) in [5.74, 6) is -1.05. The summed E-state index contributed by atoms with van der Waals surface area (Å²) in [5.41, 5.74) is -2.54. The Morgan fingerprint density at radius 3 is 2.42 bits per heavy atom. The summed E-state index contributed by atoms with van der Waals surface area (Å²) < 4.78 is 12.8. The number of hydrogen-bond donors (Lipinski definition) is 2. The van der Waals surface area contributed by atoms with Gasteiger partial charge in [-0.15, -0.1) is 10.2 Å². The molecule has 2 N–H and O–H groups in total. The number of nitrogens with zero attached hydrogens (tertiary/aromatic N) is 5. The van der Waals surface area contributed by atoms with Gasteiger partial charge in [0.25, 0.3) is 11.1 Å². The van der Waals surface area contributed by atoms with Crippen LogP contribution in [-0.4, -0.2) is 36.6 Å². The molecule has 0 aliphatic heterocycles. The highest BCUT2D eigenvalue weighted by Crippen LogP contribution is 2.37. The molecule has 0 unspecified atom stereocenters. The number of carbonyl (C=O) groups is 1. The Bertz CT molecular complexity index is 1600. The summed E-state index contributed by atoms with van der Waals surface area (Å²) in [6.07, 6.45) is 2.05. The Hall–Kier alpha value is -3.70. The van der Waals surface area contributed by atoms with Gasteiger partial charge >= 0.3 is 11.7 Å². The normalized spacial score (nSPS) is 11.8. The molecule has 0 aliphatic rings. The lowest BCUT2D eigenvalue weighted by molar-refractivity contribution is -0.150. The van der Waals surface area contributed by atoms with Gasteiger partial charge in [0, 0.05) is 11.6 Å². The van der Waals surface area contributed by atoms with Gasteiger partial charge in [0.15, 0.2) is 12.5 Å². The number of rotatable bonds is 11. The highest BCUT2D eigenvalue weighted by molar-refractivity contribution is 6.37. The Kier molecular flexibility index (Phi) is 10.5. The molecule has 13 nitrogen and oxygen atoms in total. The second kappa shape index (κ2) is 13.6. The first-order chi connectivity index (χ1) is 19.0. The molecule has 212 valence electrons. The number of aromatic amines is 1. The van der Waals surface area contributed by atoms with Gasteiger partial charge in [-0.1, -0.05) is 56.8 Å². The molecule has 0 fully saturated rings. The molecular formula is C24H24Cl3N7O6. The standard InChI is InChI=1S/C24H24Cl3N7O6/c1-4-5-6-17(30-27)23(37)39-11-33-22(36)14(12(2)3)9-19(32-33)40-20-15(25)7-13(8-16(20)26)34-24(38)29-21(35)18(10-28)31-34/h7-9,12,17,30H,4-6,11H2,1-3H3,(H,29,35,38)/t17-/m0/s1. The molecule has 1 aromatic carbocycles. The van der Waals surface area contributed by atoms with Crippen molar-refractivity contribution in [1.29, 1.82) is 5.26 Å². The monoisotopic (exact) mass is 611 g/mol. The van der Waals surface area contributed by atoms with Crippen molar-refractivity contribution in [3.63, 3.8) is 0 Å². The first-order valence-corrected chi connectivity index (χ1v) is 13.1. The Morgan fingerprint density at radius 2 is 1.85 bits per heavy atom. The van der Waals surface area contributed by atoms with E-state index in [1.54, 1.807) is 19.9 Å². The zero-order valence-electron chi connectivity index (χ0n) is 21.5. The summed E-state index contributed by atoms with van der Waals surface area (Å²) >= 11 is 18.4. The quantitative estimate of drug-likeness (QED) is 0.241. The largest absolute Gasteiger partial charge is 0.441 e. The molecule has 16 heteroatoms. The minimum Gasteiger partial charge on any atom is -0.441 e. The number of nitrogens with one attached hydrogen (secondary N) is 2. The van der Waals surface area contributed by atoms with Crippen molar-refractivity contribution >= 4 is 40.9 Å². The third-order valence-electron chi connectivity index (χ3n) is 5.56. The van der Waals surface area contributed by atoms with Crippen molar-refractivity contribution in [2.24, 2.45) is 0 Å². The van der Waals surface area contributed by atoms with E-state index in [1.807, 2.05) is 11.9 Å². The fourth-order valence-corrected chi connectivity index (χ4v) is 4.21. The summed E-state index contributed by atoms with van der Waals surface area (Å²) in [7, 11) is 0. The van der Waals surface area contributed by atoms with Gasteiger partial charge in [-0.2, -0.15) is 14.6 Å². The maximum Gasteiger partial charge on any atom is 0.349 e. The van der Waals surface area contributed by atoms with Gasteiger partial charge in [0.1, 0.15) is 12.1 Å². The van der Waals surface area contributed by atoms with Crippen LogP contribution in [0, 0.1) is 11.3 Å². The second-order valence-electron chi connectivity index (χ2n) is 8.77. The minimum atomic E-state index is -0.941. The molecule has 2 aromatic heterocycles. The maximum atomic E-state index is 13.0. The third-order valence-corrected chi connectivity index (χ3v) is 6.39. The summed E-state index contributed by atoms with van der Waals surface area (Å²) in [5, 5.41) is 16.7. The maximum absolute atomic E-state index is 13.0. The van der Waals surface area contributed by atoms with Crippen LogP contribution in [0.1, 0.15) is 57.2 Å². The molecule has 3 aromatic rings. The predicted octanol–water partition coefficient (Wildman–Crippen LogP) is 3.37. The molecule has 0 radical (unpaired) electrons. The number of unbranched alkanes of at least 4 members (excludes halogenated alkanes) is 1. The number of nitriles is 1. The van der Waals surface area contributed by atoms with E-state index in [9.17, 15) is 19.2 Å². The van der Waals surface area contributed by atoms with E-state index in [2.05, 4.69) is 15.0 Å². The van der Waals surface area contributed by atoms with Gasteiger partial charge in [0.05, 0.1) is 15.7 Å². The topological polar surface area (TPSA) is 174 Å². The highest BCUT2D eigenvalue weighted by atomic mass is 35.5. The summed E-state index contributed by atoms with van der Waals surface area (Å²) in [6.45, 7) is 5.04. The number of ether oxygens (including phenoxy) is 2. The average molecular weight is 613 g/mol. The Morgan fingerprint density at radius 1 is 1.18 bits per heavy atom. The first-order valence-electron chi connectivity index (χ1n) is 12.0. The van der Waals surface area contributed by atoms with E-state index in [0.717, 1.165) is 22.2 Å².